The quantitative estimate of drug-likeness (QED) is 0.820. The molecule has 0 aliphatic heterocycles. The lowest BCUT2D eigenvalue weighted by molar-refractivity contribution is 0.0952. The fraction of sp³-hybridized carbons (Fsp3) is 0.500. The Bertz CT molecular complexity index is 388. The van der Waals surface area contributed by atoms with Crippen molar-refractivity contribution in [2.45, 2.75) is 33.6 Å². The first-order valence-corrected chi connectivity index (χ1v) is 6.85. The summed E-state index contributed by atoms with van der Waals surface area (Å²) in [5, 5.41) is 2.96. The Kier molecular flexibility index (Phi) is 5.69. The summed E-state index contributed by atoms with van der Waals surface area (Å²) in [6.07, 6.45) is 2.19. The minimum absolute atomic E-state index is 0.0209. The van der Waals surface area contributed by atoms with Crippen LogP contribution in [0, 0.1) is 12.8 Å². The zero-order valence-corrected chi connectivity index (χ0v) is 12.3. The SMILES string of the molecule is Cc1c(Br)cccc1C(=O)NCCCC(C)C. The van der Waals surface area contributed by atoms with Gasteiger partial charge in [-0.2, -0.15) is 0 Å². The minimum atomic E-state index is 0.0209. The van der Waals surface area contributed by atoms with Crippen molar-refractivity contribution >= 4 is 21.8 Å². The van der Waals surface area contributed by atoms with E-state index >= 15 is 0 Å². The van der Waals surface area contributed by atoms with Crippen molar-refractivity contribution in [2.75, 3.05) is 6.54 Å². The van der Waals surface area contributed by atoms with Crippen LogP contribution in [0.1, 0.15) is 42.6 Å². The fourth-order valence-electron chi connectivity index (χ4n) is 1.66. The van der Waals surface area contributed by atoms with E-state index < -0.39 is 0 Å². The molecular weight excluding hydrogens is 278 g/mol. The number of amides is 1. The maximum atomic E-state index is 11.9. The molecule has 1 amide bonds. The maximum Gasteiger partial charge on any atom is 0.251 e. The summed E-state index contributed by atoms with van der Waals surface area (Å²) >= 11 is 3.44. The maximum absolute atomic E-state index is 11.9. The molecule has 17 heavy (non-hydrogen) atoms. The van der Waals surface area contributed by atoms with E-state index in [-0.39, 0.29) is 5.91 Å². The van der Waals surface area contributed by atoms with Gasteiger partial charge in [0.1, 0.15) is 0 Å². The van der Waals surface area contributed by atoms with E-state index in [2.05, 4.69) is 35.1 Å². The van der Waals surface area contributed by atoms with Gasteiger partial charge in [0.2, 0.25) is 0 Å². The van der Waals surface area contributed by atoms with Gasteiger partial charge in [-0.05, 0) is 43.4 Å². The predicted octanol–water partition coefficient (Wildman–Crippen LogP) is 3.92. The second-order valence-corrected chi connectivity index (χ2v) is 5.56. The Labute approximate surface area is 112 Å². The largest absolute Gasteiger partial charge is 0.352 e. The van der Waals surface area contributed by atoms with Crippen LogP contribution in [-0.4, -0.2) is 12.5 Å². The molecule has 3 heteroatoms. The molecule has 0 atom stereocenters. The molecule has 0 aliphatic rings. The molecule has 1 aromatic carbocycles. The van der Waals surface area contributed by atoms with Crippen molar-refractivity contribution in [1.29, 1.82) is 0 Å². The van der Waals surface area contributed by atoms with Gasteiger partial charge in [0.05, 0.1) is 0 Å². The highest BCUT2D eigenvalue weighted by Crippen LogP contribution is 2.19. The highest BCUT2D eigenvalue weighted by molar-refractivity contribution is 9.10. The van der Waals surface area contributed by atoms with Crippen LogP contribution < -0.4 is 5.32 Å². The molecule has 94 valence electrons. The lowest BCUT2D eigenvalue weighted by Crippen LogP contribution is -2.25. The Morgan fingerprint density at radius 3 is 2.76 bits per heavy atom. The first-order chi connectivity index (χ1) is 8.02. The Balaban J connectivity index is 2.50. The molecule has 1 rings (SSSR count). The van der Waals surface area contributed by atoms with E-state index in [1.807, 2.05) is 25.1 Å². The number of hydrogen-bond acceptors (Lipinski definition) is 1. The number of benzene rings is 1. The first-order valence-electron chi connectivity index (χ1n) is 6.05. The molecule has 0 radical (unpaired) electrons. The molecule has 1 N–H and O–H groups in total. The zero-order chi connectivity index (χ0) is 12.8. The Morgan fingerprint density at radius 2 is 2.12 bits per heavy atom. The molecule has 1 aromatic rings. The van der Waals surface area contributed by atoms with Crippen molar-refractivity contribution in [2.24, 2.45) is 5.92 Å². The van der Waals surface area contributed by atoms with Crippen molar-refractivity contribution in [3.05, 3.63) is 33.8 Å². The van der Waals surface area contributed by atoms with E-state index in [9.17, 15) is 4.79 Å². The number of rotatable bonds is 5. The molecule has 0 spiro atoms. The number of halogens is 1. The summed E-state index contributed by atoms with van der Waals surface area (Å²) in [5.41, 5.74) is 1.75. The average Bonchev–Trinajstić information content (AvgIpc) is 2.27. The molecule has 0 fully saturated rings. The van der Waals surface area contributed by atoms with Crippen LogP contribution in [0.4, 0.5) is 0 Å². The van der Waals surface area contributed by atoms with E-state index in [1.165, 1.54) is 0 Å². The van der Waals surface area contributed by atoms with Gasteiger partial charge in [-0.1, -0.05) is 35.8 Å². The predicted molar refractivity (Wildman–Crippen MR) is 75.3 cm³/mol. The summed E-state index contributed by atoms with van der Waals surface area (Å²) < 4.78 is 0.979. The summed E-state index contributed by atoms with van der Waals surface area (Å²) in [7, 11) is 0. The van der Waals surface area contributed by atoms with E-state index in [4.69, 9.17) is 0 Å². The van der Waals surface area contributed by atoms with Gasteiger partial charge in [-0.3, -0.25) is 4.79 Å². The lowest BCUT2D eigenvalue weighted by atomic mass is 10.1. The summed E-state index contributed by atoms with van der Waals surface area (Å²) in [5.74, 6) is 0.715. The summed E-state index contributed by atoms with van der Waals surface area (Å²) in [4.78, 5) is 11.9. The van der Waals surface area contributed by atoms with Crippen LogP contribution in [-0.2, 0) is 0 Å². The average molecular weight is 298 g/mol. The first kappa shape index (κ1) is 14.2. The molecule has 0 bridgehead atoms. The molecule has 0 heterocycles. The summed E-state index contributed by atoms with van der Waals surface area (Å²) in [6, 6.07) is 5.70. The van der Waals surface area contributed by atoms with Gasteiger partial charge in [-0.15, -0.1) is 0 Å². The molecule has 0 saturated heterocycles. The Hall–Kier alpha value is -0.830. The molecule has 0 aliphatic carbocycles. The van der Waals surface area contributed by atoms with Crippen LogP contribution in [0.2, 0.25) is 0 Å². The van der Waals surface area contributed by atoms with Crippen LogP contribution in [0.3, 0.4) is 0 Å². The number of nitrogens with one attached hydrogen (secondary N) is 1. The van der Waals surface area contributed by atoms with Crippen LogP contribution in [0.25, 0.3) is 0 Å². The fourth-order valence-corrected chi connectivity index (χ4v) is 2.03. The molecular formula is C14H20BrNO. The number of hydrogen-bond donors (Lipinski definition) is 1. The van der Waals surface area contributed by atoms with E-state index in [0.717, 1.165) is 35.0 Å². The van der Waals surface area contributed by atoms with Gasteiger partial charge in [-0.25, -0.2) is 0 Å². The van der Waals surface area contributed by atoms with Gasteiger partial charge in [0.25, 0.3) is 5.91 Å². The van der Waals surface area contributed by atoms with E-state index in [1.54, 1.807) is 0 Å². The van der Waals surface area contributed by atoms with Crippen molar-refractivity contribution in [1.82, 2.24) is 5.32 Å². The second kappa shape index (κ2) is 6.80. The molecule has 2 nitrogen and oxygen atoms in total. The van der Waals surface area contributed by atoms with E-state index in [0.29, 0.717) is 5.92 Å². The minimum Gasteiger partial charge on any atom is -0.352 e. The second-order valence-electron chi connectivity index (χ2n) is 4.70. The molecule has 0 aromatic heterocycles. The van der Waals surface area contributed by atoms with Crippen LogP contribution in [0.15, 0.2) is 22.7 Å². The third kappa shape index (κ3) is 4.50. The monoisotopic (exact) mass is 297 g/mol. The highest BCUT2D eigenvalue weighted by Gasteiger charge is 2.09. The van der Waals surface area contributed by atoms with Crippen LogP contribution >= 0.6 is 15.9 Å². The van der Waals surface area contributed by atoms with Gasteiger partial charge in [0.15, 0.2) is 0 Å². The Morgan fingerprint density at radius 1 is 1.41 bits per heavy atom. The molecule has 0 unspecified atom stereocenters. The van der Waals surface area contributed by atoms with Crippen molar-refractivity contribution < 1.29 is 4.79 Å². The smallest absolute Gasteiger partial charge is 0.251 e. The highest BCUT2D eigenvalue weighted by atomic mass is 79.9. The standard InChI is InChI=1S/C14H20BrNO/c1-10(2)6-5-9-16-14(17)12-7-4-8-13(15)11(12)3/h4,7-8,10H,5-6,9H2,1-3H3,(H,16,17). The third-order valence-corrected chi connectivity index (χ3v) is 3.62. The van der Waals surface area contributed by atoms with Gasteiger partial charge >= 0.3 is 0 Å². The summed E-state index contributed by atoms with van der Waals surface area (Å²) in [6.45, 7) is 7.09. The third-order valence-electron chi connectivity index (χ3n) is 2.76. The zero-order valence-electron chi connectivity index (χ0n) is 10.7. The van der Waals surface area contributed by atoms with Crippen molar-refractivity contribution in [3.63, 3.8) is 0 Å². The van der Waals surface area contributed by atoms with Gasteiger partial charge < -0.3 is 5.32 Å². The lowest BCUT2D eigenvalue weighted by Gasteiger charge is -2.09. The van der Waals surface area contributed by atoms with Crippen molar-refractivity contribution in [3.8, 4) is 0 Å². The topological polar surface area (TPSA) is 29.1 Å². The number of carbonyl (C=O) groups excluding carboxylic acids is 1. The van der Waals surface area contributed by atoms with Gasteiger partial charge in [0, 0.05) is 16.6 Å². The van der Waals surface area contributed by atoms with Crippen LogP contribution in [0.5, 0.6) is 0 Å². The number of carbonyl (C=O) groups is 1. The normalized spacial score (nSPS) is 10.6. The molecule has 0 saturated carbocycles.